The zero-order chi connectivity index (χ0) is 21.6. The first-order valence-electron chi connectivity index (χ1n) is 9.57. The molecule has 6 nitrogen and oxygen atoms in total. The molecule has 0 fully saturated rings. The van der Waals surface area contributed by atoms with Gasteiger partial charge in [-0.15, -0.1) is 0 Å². The second kappa shape index (κ2) is 7.85. The summed E-state index contributed by atoms with van der Waals surface area (Å²) in [5.41, 5.74) is 2.59. The lowest BCUT2D eigenvalue weighted by molar-refractivity contribution is -0.384. The van der Waals surface area contributed by atoms with E-state index >= 15 is 0 Å². The second-order valence-corrected chi connectivity index (χ2v) is 8.36. The number of Topliss-reactive ketones (excluding diaryl/α,β-unsaturated/α-hetero) is 1. The molecule has 0 N–H and O–H groups in total. The molecule has 1 unspecified atom stereocenters. The van der Waals surface area contributed by atoms with Crippen LogP contribution in [0.15, 0.2) is 47.7 Å². The van der Waals surface area contributed by atoms with Gasteiger partial charge in [0.2, 0.25) is 5.91 Å². The third-order valence-corrected chi connectivity index (χ3v) is 6.33. The zero-order valence-electron chi connectivity index (χ0n) is 16.2. The summed E-state index contributed by atoms with van der Waals surface area (Å²) in [4.78, 5) is 38.7. The molecule has 0 bridgehead atoms. The number of carbonyl (C=O) groups excluding carboxylic acids is 2. The first-order valence-corrected chi connectivity index (χ1v) is 10.3. The van der Waals surface area contributed by atoms with Crippen molar-refractivity contribution in [3.63, 3.8) is 0 Å². The van der Waals surface area contributed by atoms with Crippen LogP contribution in [0.1, 0.15) is 42.7 Å². The van der Waals surface area contributed by atoms with Crippen molar-refractivity contribution in [2.24, 2.45) is 0 Å². The first kappa shape index (κ1) is 20.6. The Hall–Kier alpha value is -2.70. The molecule has 0 saturated carbocycles. The van der Waals surface area contributed by atoms with Crippen LogP contribution in [0.5, 0.6) is 0 Å². The third kappa shape index (κ3) is 3.50. The number of hydrogen-bond acceptors (Lipinski definition) is 4. The van der Waals surface area contributed by atoms with Gasteiger partial charge in [-0.3, -0.25) is 24.6 Å². The Morgan fingerprint density at radius 3 is 2.53 bits per heavy atom. The molecule has 30 heavy (non-hydrogen) atoms. The average Bonchev–Trinajstić information content (AvgIpc) is 2.70. The van der Waals surface area contributed by atoms with Gasteiger partial charge in [-0.1, -0.05) is 35.3 Å². The lowest BCUT2D eigenvalue weighted by atomic mass is 9.77. The number of anilines is 1. The SMILES string of the molecule is Cc1ccc(N2C(=O)CC(c3ccc(Cl)c(Cl)c3)C3=C2CCCC3=O)c([N+](=O)[O-])c1. The standard InChI is InChI=1S/C22H18Cl2N2O4/c1-12-5-8-17(19(9-12)26(29)30)25-18-3-2-4-20(27)22(18)14(11-21(25)28)13-6-7-15(23)16(24)10-13/h5-10,14H,2-4,11H2,1H3. The van der Waals surface area contributed by atoms with Crippen molar-refractivity contribution in [3.05, 3.63) is 79.0 Å². The van der Waals surface area contributed by atoms with Crippen molar-refractivity contribution in [1.29, 1.82) is 0 Å². The molecular formula is C22H18Cl2N2O4. The van der Waals surface area contributed by atoms with E-state index in [0.29, 0.717) is 40.6 Å². The number of allylic oxidation sites excluding steroid dienone is 2. The highest BCUT2D eigenvalue weighted by Gasteiger charge is 2.41. The van der Waals surface area contributed by atoms with Crippen molar-refractivity contribution in [3.8, 4) is 0 Å². The number of ketones is 1. The van der Waals surface area contributed by atoms with E-state index in [0.717, 1.165) is 11.1 Å². The number of amides is 1. The number of nitro groups is 1. The van der Waals surface area contributed by atoms with Gasteiger partial charge in [0.25, 0.3) is 5.69 Å². The average molecular weight is 445 g/mol. The maximum atomic E-state index is 13.3. The third-order valence-electron chi connectivity index (χ3n) is 5.59. The fraction of sp³-hybridized carbons (Fsp3) is 0.273. The minimum absolute atomic E-state index is 0.0214. The van der Waals surface area contributed by atoms with E-state index in [2.05, 4.69) is 0 Å². The molecule has 2 aromatic carbocycles. The molecule has 4 rings (SSSR count). The summed E-state index contributed by atoms with van der Waals surface area (Å²) in [6.45, 7) is 1.75. The van der Waals surface area contributed by atoms with E-state index in [1.807, 2.05) is 0 Å². The van der Waals surface area contributed by atoms with Gasteiger partial charge in [-0.2, -0.15) is 0 Å². The largest absolute Gasteiger partial charge is 0.294 e. The van der Waals surface area contributed by atoms with Gasteiger partial charge >= 0.3 is 0 Å². The summed E-state index contributed by atoms with van der Waals surface area (Å²) >= 11 is 12.2. The predicted octanol–water partition coefficient (Wildman–Crippen LogP) is 5.74. The van der Waals surface area contributed by atoms with E-state index in [-0.39, 0.29) is 29.5 Å². The number of carbonyl (C=O) groups is 2. The van der Waals surface area contributed by atoms with Gasteiger partial charge in [0.05, 0.1) is 15.0 Å². The smallest absolute Gasteiger partial charge is 0.293 e. The van der Waals surface area contributed by atoms with Gasteiger partial charge in [0.1, 0.15) is 5.69 Å². The quantitative estimate of drug-likeness (QED) is 0.446. The summed E-state index contributed by atoms with van der Waals surface area (Å²) in [5.74, 6) is -0.776. The van der Waals surface area contributed by atoms with Crippen LogP contribution >= 0.6 is 23.2 Å². The number of nitrogens with zero attached hydrogens (tertiary/aromatic N) is 2. The fourth-order valence-corrected chi connectivity index (χ4v) is 4.56. The minimum atomic E-state index is -0.494. The van der Waals surface area contributed by atoms with Crippen LogP contribution in [0.4, 0.5) is 11.4 Å². The van der Waals surface area contributed by atoms with Crippen LogP contribution in [-0.2, 0) is 9.59 Å². The predicted molar refractivity (Wildman–Crippen MR) is 115 cm³/mol. The normalized spacial score (nSPS) is 19.2. The van der Waals surface area contributed by atoms with Crippen LogP contribution in [0, 0.1) is 17.0 Å². The van der Waals surface area contributed by atoms with Crippen molar-refractivity contribution in [2.75, 3.05) is 4.90 Å². The maximum absolute atomic E-state index is 13.3. The highest BCUT2D eigenvalue weighted by molar-refractivity contribution is 6.42. The number of hydrogen-bond donors (Lipinski definition) is 0. The van der Waals surface area contributed by atoms with E-state index < -0.39 is 10.8 Å². The van der Waals surface area contributed by atoms with E-state index in [1.165, 1.54) is 11.0 Å². The molecule has 1 amide bonds. The minimum Gasteiger partial charge on any atom is -0.294 e. The van der Waals surface area contributed by atoms with Crippen molar-refractivity contribution < 1.29 is 14.5 Å². The second-order valence-electron chi connectivity index (χ2n) is 7.55. The van der Waals surface area contributed by atoms with Crippen LogP contribution in [0.25, 0.3) is 0 Å². The molecule has 0 radical (unpaired) electrons. The Bertz CT molecular complexity index is 1130. The Kier molecular flexibility index (Phi) is 5.38. The Morgan fingerprint density at radius 1 is 1.07 bits per heavy atom. The fourth-order valence-electron chi connectivity index (χ4n) is 4.26. The molecule has 0 aromatic heterocycles. The topological polar surface area (TPSA) is 80.5 Å². The lowest BCUT2D eigenvalue weighted by Gasteiger charge is -2.38. The summed E-state index contributed by atoms with van der Waals surface area (Å²) < 4.78 is 0. The number of nitro benzene ring substituents is 1. The van der Waals surface area contributed by atoms with Crippen LogP contribution in [0.2, 0.25) is 10.0 Å². The summed E-state index contributed by atoms with van der Waals surface area (Å²) in [7, 11) is 0. The molecule has 8 heteroatoms. The molecule has 0 spiro atoms. The van der Waals surface area contributed by atoms with Crippen LogP contribution in [0.3, 0.4) is 0 Å². The Labute approximate surface area is 183 Å². The van der Waals surface area contributed by atoms with Gasteiger partial charge in [0, 0.05) is 36.1 Å². The number of halogens is 2. The van der Waals surface area contributed by atoms with Crippen molar-refractivity contribution >= 4 is 46.3 Å². The van der Waals surface area contributed by atoms with Crippen LogP contribution in [-0.4, -0.2) is 16.6 Å². The molecular weight excluding hydrogens is 427 g/mol. The molecule has 1 aliphatic carbocycles. The van der Waals surface area contributed by atoms with Gasteiger partial charge < -0.3 is 0 Å². The van der Waals surface area contributed by atoms with Gasteiger partial charge in [0.15, 0.2) is 5.78 Å². The molecule has 154 valence electrons. The number of aryl methyl sites for hydroxylation is 1. The molecule has 2 aliphatic rings. The van der Waals surface area contributed by atoms with E-state index in [9.17, 15) is 19.7 Å². The first-order chi connectivity index (χ1) is 14.3. The molecule has 1 heterocycles. The maximum Gasteiger partial charge on any atom is 0.293 e. The van der Waals surface area contributed by atoms with Gasteiger partial charge in [-0.05, 0) is 49.1 Å². The number of benzene rings is 2. The summed E-state index contributed by atoms with van der Waals surface area (Å²) in [6.07, 6.45) is 1.49. The lowest BCUT2D eigenvalue weighted by Crippen LogP contribution is -2.40. The Balaban J connectivity index is 1.90. The van der Waals surface area contributed by atoms with Crippen LogP contribution < -0.4 is 4.90 Å². The van der Waals surface area contributed by atoms with Crippen molar-refractivity contribution in [2.45, 2.75) is 38.5 Å². The highest BCUT2D eigenvalue weighted by atomic mass is 35.5. The zero-order valence-corrected chi connectivity index (χ0v) is 17.7. The summed E-state index contributed by atoms with van der Waals surface area (Å²) in [6, 6.07) is 9.84. The molecule has 0 saturated heterocycles. The molecule has 2 aromatic rings. The molecule has 1 aliphatic heterocycles. The monoisotopic (exact) mass is 444 g/mol. The Morgan fingerprint density at radius 2 is 1.83 bits per heavy atom. The molecule has 1 atom stereocenters. The van der Waals surface area contributed by atoms with E-state index in [4.69, 9.17) is 23.2 Å². The van der Waals surface area contributed by atoms with E-state index in [1.54, 1.807) is 37.3 Å². The number of rotatable bonds is 3. The summed E-state index contributed by atoms with van der Waals surface area (Å²) in [5, 5.41) is 12.4. The van der Waals surface area contributed by atoms with Crippen molar-refractivity contribution in [1.82, 2.24) is 0 Å². The highest BCUT2D eigenvalue weighted by Crippen LogP contribution is 2.46. The van der Waals surface area contributed by atoms with Gasteiger partial charge in [-0.25, -0.2) is 0 Å².